The molecule has 25 heavy (non-hydrogen) atoms. The third-order valence-electron chi connectivity index (χ3n) is 5.23. The van der Waals surface area contributed by atoms with Gasteiger partial charge in [0.1, 0.15) is 5.75 Å². The molecular formula is C24H18O. The Hall–Kier alpha value is -3.06. The van der Waals surface area contributed by atoms with Crippen LogP contribution in [-0.2, 0) is 6.42 Å². The van der Waals surface area contributed by atoms with Crippen LogP contribution in [0.15, 0.2) is 78.9 Å². The summed E-state index contributed by atoms with van der Waals surface area (Å²) in [5.74, 6) is 0.947. The molecule has 120 valence electrons. The molecule has 0 unspecified atom stereocenters. The molecule has 0 bridgehead atoms. The average molecular weight is 322 g/mol. The normalized spacial score (nSPS) is 12.0. The molecule has 0 saturated heterocycles. The summed E-state index contributed by atoms with van der Waals surface area (Å²) in [5.41, 5.74) is 7.93. The summed E-state index contributed by atoms with van der Waals surface area (Å²) in [4.78, 5) is 0. The first kappa shape index (κ1) is 14.3. The second kappa shape index (κ2) is 5.49. The van der Waals surface area contributed by atoms with Gasteiger partial charge in [-0.3, -0.25) is 0 Å². The van der Waals surface area contributed by atoms with E-state index in [2.05, 4.69) is 78.9 Å². The molecule has 0 amide bonds. The molecule has 0 aliphatic heterocycles. The Kier molecular flexibility index (Phi) is 3.14. The van der Waals surface area contributed by atoms with Crippen LogP contribution in [-0.4, -0.2) is 7.11 Å². The average Bonchev–Trinajstić information content (AvgIpc) is 3.05. The molecule has 0 spiro atoms. The van der Waals surface area contributed by atoms with E-state index in [0.717, 1.165) is 12.2 Å². The van der Waals surface area contributed by atoms with Crippen LogP contribution in [0.4, 0.5) is 0 Å². The van der Waals surface area contributed by atoms with Crippen LogP contribution in [0.3, 0.4) is 0 Å². The van der Waals surface area contributed by atoms with Crippen molar-refractivity contribution < 1.29 is 4.74 Å². The SMILES string of the molecule is COc1ccc2c(c1-c1cccc3ccccc13)Cc1ccccc1-2. The minimum Gasteiger partial charge on any atom is -0.496 e. The van der Waals surface area contributed by atoms with Crippen molar-refractivity contribution in [1.82, 2.24) is 0 Å². The standard InChI is InChI=1S/C24H18O/c1-25-23-14-13-20-19-11-5-3-8-17(19)15-22(20)24(23)21-12-6-9-16-7-2-4-10-18(16)21/h2-14H,15H2,1H3. The topological polar surface area (TPSA) is 9.23 Å². The highest BCUT2D eigenvalue weighted by atomic mass is 16.5. The van der Waals surface area contributed by atoms with E-state index in [-0.39, 0.29) is 0 Å². The molecule has 1 aliphatic rings. The Balaban J connectivity index is 1.85. The molecule has 1 aliphatic carbocycles. The van der Waals surface area contributed by atoms with Gasteiger partial charge in [-0.15, -0.1) is 0 Å². The summed E-state index contributed by atoms with van der Waals surface area (Å²) in [7, 11) is 1.76. The van der Waals surface area contributed by atoms with Crippen molar-refractivity contribution in [1.29, 1.82) is 0 Å². The molecule has 5 rings (SSSR count). The maximum absolute atomic E-state index is 5.77. The van der Waals surface area contributed by atoms with Gasteiger partial charge in [0, 0.05) is 5.56 Å². The van der Waals surface area contributed by atoms with E-state index in [4.69, 9.17) is 4.74 Å². The Labute approximate surface area is 147 Å². The molecule has 0 fully saturated rings. The number of methoxy groups -OCH3 is 1. The van der Waals surface area contributed by atoms with E-state index < -0.39 is 0 Å². The van der Waals surface area contributed by atoms with Gasteiger partial charge in [0.25, 0.3) is 0 Å². The Bertz CT molecular complexity index is 1100. The van der Waals surface area contributed by atoms with Gasteiger partial charge in [0.15, 0.2) is 0 Å². The molecule has 0 saturated carbocycles. The number of hydrogen-bond donors (Lipinski definition) is 0. The first-order valence-corrected chi connectivity index (χ1v) is 8.63. The minimum atomic E-state index is 0.947. The van der Waals surface area contributed by atoms with Crippen LogP contribution in [0.1, 0.15) is 11.1 Å². The second-order valence-corrected chi connectivity index (χ2v) is 6.53. The lowest BCUT2D eigenvalue weighted by atomic mass is 9.91. The van der Waals surface area contributed by atoms with E-state index in [1.165, 1.54) is 44.2 Å². The summed E-state index contributed by atoms with van der Waals surface area (Å²) >= 11 is 0. The molecule has 1 nitrogen and oxygen atoms in total. The molecular weight excluding hydrogens is 304 g/mol. The summed E-state index contributed by atoms with van der Waals surface area (Å²) in [6.07, 6.45) is 0.960. The van der Waals surface area contributed by atoms with Crippen LogP contribution in [0, 0.1) is 0 Å². The fourth-order valence-corrected chi connectivity index (χ4v) is 4.10. The molecule has 0 heterocycles. The van der Waals surface area contributed by atoms with Crippen molar-refractivity contribution in [2.75, 3.05) is 7.11 Å². The fraction of sp³-hybridized carbons (Fsp3) is 0.0833. The molecule has 0 radical (unpaired) electrons. The number of hydrogen-bond acceptors (Lipinski definition) is 1. The van der Waals surface area contributed by atoms with Crippen molar-refractivity contribution in [3.63, 3.8) is 0 Å². The second-order valence-electron chi connectivity index (χ2n) is 6.53. The van der Waals surface area contributed by atoms with Gasteiger partial charge >= 0.3 is 0 Å². The van der Waals surface area contributed by atoms with Gasteiger partial charge < -0.3 is 4.74 Å². The van der Waals surface area contributed by atoms with Crippen molar-refractivity contribution in [2.24, 2.45) is 0 Å². The van der Waals surface area contributed by atoms with Crippen LogP contribution >= 0.6 is 0 Å². The monoisotopic (exact) mass is 322 g/mol. The zero-order valence-corrected chi connectivity index (χ0v) is 14.1. The molecule has 1 heteroatoms. The third kappa shape index (κ3) is 2.09. The van der Waals surface area contributed by atoms with Crippen LogP contribution in [0.25, 0.3) is 33.0 Å². The number of rotatable bonds is 2. The van der Waals surface area contributed by atoms with Gasteiger partial charge in [-0.2, -0.15) is 0 Å². The predicted molar refractivity (Wildman–Crippen MR) is 104 cm³/mol. The summed E-state index contributed by atoms with van der Waals surface area (Å²) in [5, 5.41) is 2.53. The smallest absolute Gasteiger partial charge is 0.127 e. The maximum atomic E-state index is 5.77. The fourth-order valence-electron chi connectivity index (χ4n) is 4.10. The van der Waals surface area contributed by atoms with E-state index in [1.807, 2.05) is 0 Å². The molecule has 4 aromatic carbocycles. The van der Waals surface area contributed by atoms with Gasteiger partial charge in [-0.25, -0.2) is 0 Å². The highest BCUT2D eigenvalue weighted by Gasteiger charge is 2.24. The van der Waals surface area contributed by atoms with Crippen molar-refractivity contribution in [3.05, 3.63) is 90.0 Å². The number of benzene rings is 4. The third-order valence-corrected chi connectivity index (χ3v) is 5.23. The first-order chi connectivity index (χ1) is 12.4. The minimum absolute atomic E-state index is 0.947. The van der Waals surface area contributed by atoms with E-state index in [0.29, 0.717) is 0 Å². The van der Waals surface area contributed by atoms with Gasteiger partial charge in [-0.05, 0) is 51.1 Å². The van der Waals surface area contributed by atoms with Crippen LogP contribution < -0.4 is 4.74 Å². The Morgan fingerprint density at radius 3 is 2.36 bits per heavy atom. The van der Waals surface area contributed by atoms with Crippen molar-refractivity contribution in [2.45, 2.75) is 6.42 Å². The Morgan fingerprint density at radius 1 is 0.680 bits per heavy atom. The quantitative estimate of drug-likeness (QED) is 0.382. The Morgan fingerprint density at radius 2 is 1.44 bits per heavy atom. The lowest BCUT2D eigenvalue weighted by molar-refractivity contribution is 0.416. The molecule has 0 atom stereocenters. The van der Waals surface area contributed by atoms with E-state index >= 15 is 0 Å². The zero-order valence-electron chi connectivity index (χ0n) is 14.1. The summed E-state index contributed by atoms with van der Waals surface area (Å²) in [6, 6.07) is 28.1. The van der Waals surface area contributed by atoms with Crippen LogP contribution in [0.5, 0.6) is 5.75 Å². The van der Waals surface area contributed by atoms with E-state index in [1.54, 1.807) is 7.11 Å². The molecule has 4 aromatic rings. The maximum Gasteiger partial charge on any atom is 0.127 e. The van der Waals surface area contributed by atoms with Gasteiger partial charge in [0.2, 0.25) is 0 Å². The van der Waals surface area contributed by atoms with Crippen molar-refractivity contribution >= 4 is 10.8 Å². The van der Waals surface area contributed by atoms with Gasteiger partial charge in [0.05, 0.1) is 7.11 Å². The largest absolute Gasteiger partial charge is 0.496 e. The number of ether oxygens (including phenoxy) is 1. The van der Waals surface area contributed by atoms with E-state index in [9.17, 15) is 0 Å². The van der Waals surface area contributed by atoms with Crippen LogP contribution in [0.2, 0.25) is 0 Å². The molecule has 0 aromatic heterocycles. The zero-order chi connectivity index (χ0) is 16.8. The van der Waals surface area contributed by atoms with Crippen molar-refractivity contribution in [3.8, 4) is 28.0 Å². The number of fused-ring (bicyclic) bond motifs is 4. The summed E-state index contributed by atoms with van der Waals surface area (Å²) in [6.45, 7) is 0. The highest BCUT2D eigenvalue weighted by molar-refractivity contribution is 6.01. The highest BCUT2D eigenvalue weighted by Crippen LogP contribution is 2.46. The first-order valence-electron chi connectivity index (χ1n) is 8.63. The lowest BCUT2D eigenvalue weighted by Gasteiger charge is -2.16. The predicted octanol–water partition coefficient (Wildman–Crippen LogP) is 6.09. The lowest BCUT2D eigenvalue weighted by Crippen LogP contribution is -1.94. The molecule has 0 N–H and O–H groups in total. The summed E-state index contributed by atoms with van der Waals surface area (Å²) < 4.78 is 5.77. The van der Waals surface area contributed by atoms with Gasteiger partial charge in [-0.1, -0.05) is 72.8 Å².